The van der Waals surface area contributed by atoms with E-state index in [0.717, 1.165) is 12.1 Å². The van der Waals surface area contributed by atoms with E-state index in [1.54, 1.807) is 12.1 Å². The molecule has 1 aromatic rings. The van der Waals surface area contributed by atoms with Crippen LogP contribution in [-0.4, -0.2) is 43.5 Å². The molecule has 1 heterocycles. The minimum atomic E-state index is -0.288. The fourth-order valence-corrected chi connectivity index (χ4v) is 2.02. The summed E-state index contributed by atoms with van der Waals surface area (Å²) < 4.78 is 5.49. The fourth-order valence-electron chi connectivity index (χ4n) is 1.89. The van der Waals surface area contributed by atoms with Gasteiger partial charge in [0, 0.05) is 24.5 Å². The van der Waals surface area contributed by atoms with Gasteiger partial charge in [0.25, 0.3) is 0 Å². The lowest BCUT2D eigenvalue weighted by Gasteiger charge is -2.29. The summed E-state index contributed by atoms with van der Waals surface area (Å²) in [7, 11) is 2.01. The van der Waals surface area contributed by atoms with Crippen LogP contribution in [0.1, 0.15) is 5.56 Å². The molecule has 0 saturated carbocycles. The summed E-state index contributed by atoms with van der Waals surface area (Å²) in [6, 6.07) is 7.37. The van der Waals surface area contributed by atoms with Crippen molar-refractivity contribution in [1.82, 2.24) is 4.90 Å². The van der Waals surface area contributed by atoms with E-state index in [1.807, 2.05) is 19.2 Å². The second-order valence-electron chi connectivity index (χ2n) is 4.39. The lowest BCUT2D eigenvalue weighted by Crippen LogP contribution is -2.44. The molecule has 2 rings (SSSR count). The number of carbonyl (C=O) groups is 1. The van der Waals surface area contributed by atoms with E-state index in [9.17, 15) is 4.79 Å². The molecular formula is C13H16ClNO2. The van der Waals surface area contributed by atoms with Crippen molar-refractivity contribution in [1.29, 1.82) is 0 Å². The molecule has 1 fully saturated rings. The van der Waals surface area contributed by atoms with Crippen LogP contribution in [0.5, 0.6) is 0 Å². The number of benzene rings is 1. The molecule has 1 atom stereocenters. The number of hydrogen-bond acceptors (Lipinski definition) is 3. The van der Waals surface area contributed by atoms with Crippen LogP contribution in [-0.2, 0) is 16.0 Å². The van der Waals surface area contributed by atoms with Crippen molar-refractivity contribution in [2.24, 2.45) is 0 Å². The third-order valence-electron chi connectivity index (χ3n) is 2.92. The van der Waals surface area contributed by atoms with E-state index < -0.39 is 0 Å². The number of hydrogen-bond donors (Lipinski definition) is 0. The van der Waals surface area contributed by atoms with Crippen molar-refractivity contribution in [3.63, 3.8) is 0 Å². The van der Waals surface area contributed by atoms with E-state index in [1.165, 1.54) is 0 Å². The number of ketones is 1. The molecule has 0 bridgehead atoms. The third kappa shape index (κ3) is 3.53. The molecule has 1 saturated heterocycles. The predicted molar refractivity (Wildman–Crippen MR) is 67.4 cm³/mol. The average molecular weight is 254 g/mol. The van der Waals surface area contributed by atoms with Gasteiger partial charge in [-0.25, -0.2) is 0 Å². The van der Waals surface area contributed by atoms with Gasteiger partial charge < -0.3 is 9.64 Å². The van der Waals surface area contributed by atoms with Gasteiger partial charge in [-0.3, -0.25) is 4.79 Å². The molecule has 1 aliphatic heterocycles. The fraction of sp³-hybridized carbons (Fsp3) is 0.462. The van der Waals surface area contributed by atoms with Crippen LogP contribution in [0.3, 0.4) is 0 Å². The molecule has 0 spiro atoms. The first-order chi connectivity index (χ1) is 8.15. The van der Waals surface area contributed by atoms with Crippen molar-refractivity contribution in [3.05, 3.63) is 34.9 Å². The monoisotopic (exact) mass is 253 g/mol. The second-order valence-corrected chi connectivity index (χ2v) is 4.83. The maximum absolute atomic E-state index is 12.0. The molecule has 0 amide bonds. The van der Waals surface area contributed by atoms with Gasteiger partial charge in [-0.15, -0.1) is 0 Å². The first-order valence-corrected chi connectivity index (χ1v) is 6.10. The first kappa shape index (κ1) is 12.6. The topological polar surface area (TPSA) is 29.5 Å². The Bertz CT molecular complexity index is 391. The van der Waals surface area contributed by atoms with Gasteiger partial charge in [-0.1, -0.05) is 23.7 Å². The zero-order valence-corrected chi connectivity index (χ0v) is 10.6. The Morgan fingerprint density at radius 3 is 2.82 bits per heavy atom. The summed E-state index contributed by atoms with van der Waals surface area (Å²) >= 11 is 5.80. The van der Waals surface area contributed by atoms with Crippen LogP contribution in [0.15, 0.2) is 24.3 Å². The molecule has 0 N–H and O–H groups in total. The Labute approximate surface area is 106 Å². The average Bonchev–Trinajstić information content (AvgIpc) is 2.32. The number of ether oxygens (including phenoxy) is 1. The van der Waals surface area contributed by atoms with Crippen LogP contribution in [0.2, 0.25) is 5.02 Å². The molecule has 0 radical (unpaired) electrons. The number of likely N-dealkylation sites (N-methyl/N-ethyl adjacent to an activating group) is 1. The highest BCUT2D eigenvalue weighted by Gasteiger charge is 2.24. The lowest BCUT2D eigenvalue weighted by molar-refractivity contribution is -0.134. The Morgan fingerprint density at radius 2 is 2.18 bits per heavy atom. The van der Waals surface area contributed by atoms with Crippen LogP contribution in [0, 0.1) is 0 Å². The normalized spacial score (nSPS) is 21.4. The van der Waals surface area contributed by atoms with E-state index >= 15 is 0 Å². The van der Waals surface area contributed by atoms with E-state index in [2.05, 4.69) is 4.90 Å². The smallest absolute Gasteiger partial charge is 0.167 e. The largest absolute Gasteiger partial charge is 0.368 e. The molecule has 1 aliphatic rings. The maximum atomic E-state index is 12.0. The van der Waals surface area contributed by atoms with E-state index in [4.69, 9.17) is 16.3 Å². The minimum absolute atomic E-state index is 0.138. The molecule has 0 aliphatic carbocycles. The summed E-state index contributed by atoms with van der Waals surface area (Å²) in [5, 5.41) is 0.690. The molecule has 1 aromatic carbocycles. The third-order valence-corrected chi connectivity index (χ3v) is 3.17. The number of carbonyl (C=O) groups excluding carboxylic acids is 1. The Hall–Kier alpha value is -0.900. The summed E-state index contributed by atoms with van der Waals surface area (Å²) in [6.45, 7) is 2.21. The highest BCUT2D eigenvalue weighted by molar-refractivity contribution is 6.30. The number of rotatable bonds is 3. The van der Waals surface area contributed by atoms with E-state index in [-0.39, 0.29) is 11.9 Å². The van der Waals surface area contributed by atoms with Gasteiger partial charge in [-0.2, -0.15) is 0 Å². The van der Waals surface area contributed by atoms with Crippen LogP contribution >= 0.6 is 11.6 Å². The molecule has 4 heteroatoms. The molecule has 0 aromatic heterocycles. The molecule has 3 nitrogen and oxygen atoms in total. The molecule has 1 unspecified atom stereocenters. The summed E-state index contributed by atoms with van der Waals surface area (Å²) in [6.07, 6.45) is 0.125. The number of Topliss-reactive ketones (excluding diaryl/α,β-unsaturated/α-hetero) is 1. The number of morpholine rings is 1. The van der Waals surface area contributed by atoms with Crippen molar-refractivity contribution >= 4 is 17.4 Å². The maximum Gasteiger partial charge on any atom is 0.167 e. The van der Waals surface area contributed by atoms with E-state index in [0.29, 0.717) is 24.6 Å². The molecule has 92 valence electrons. The summed E-state index contributed by atoms with van der Waals surface area (Å²) in [5.41, 5.74) is 0.983. The number of halogens is 1. The van der Waals surface area contributed by atoms with Gasteiger partial charge >= 0.3 is 0 Å². The zero-order chi connectivity index (χ0) is 12.3. The van der Waals surface area contributed by atoms with Crippen molar-refractivity contribution < 1.29 is 9.53 Å². The minimum Gasteiger partial charge on any atom is -0.368 e. The highest BCUT2D eigenvalue weighted by atomic mass is 35.5. The summed E-state index contributed by atoms with van der Waals surface area (Å²) in [5.74, 6) is 0.138. The van der Waals surface area contributed by atoms with Gasteiger partial charge in [0.05, 0.1) is 6.61 Å². The number of nitrogens with zero attached hydrogens (tertiary/aromatic N) is 1. The van der Waals surface area contributed by atoms with Gasteiger partial charge in [-0.05, 0) is 24.7 Å². The zero-order valence-electron chi connectivity index (χ0n) is 9.86. The lowest BCUT2D eigenvalue weighted by atomic mass is 10.0. The SMILES string of the molecule is CN1CCOC(C(=O)Cc2ccc(Cl)cc2)C1. The highest BCUT2D eigenvalue weighted by Crippen LogP contribution is 2.12. The van der Waals surface area contributed by atoms with Crippen molar-refractivity contribution in [3.8, 4) is 0 Å². The van der Waals surface area contributed by atoms with Crippen molar-refractivity contribution in [2.75, 3.05) is 26.7 Å². The Kier molecular flexibility index (Phi) is 4.15. The Balaban J connectivity index is 1.94. The predicted octanol–water partition coefficient (Wildman–Crippen LogP) is 1.78. The molecule has 17 heavy (non-hydrogen) atoms. The van der Waals surface area contributed by atoms with Gasteiger partial charge in [0.1, 0.15) is 6.10 Å². The first-order valence-electron chi connectivity index (χ1n) is 5.72. The standard InChI is InChI=1S/C13H16ClNO2/c1-15-6-7-17-13(9-15)12(16)8-10-2-4-11(14)5-3-10/h2-5,13H,6-9H2,1H3. The quantitative estimate of drug-likeness (QED) is 0.823. The van der Waals surface area contributed by atoms with Crippen molar-refractivity contribution in [2.45, 2.75) is 12.5 Å². The van der Waals surface area contributed by atoms with Crippen LogP contribution in [0.4, 0.5) is 0 Å². The second kappa shape index (κ2) is 5.63. The molecular weight excluding hydrogens is 238 g/mol. The Morgan fingerprint density at radius 1 is 1.47 bits per heavy atom. The van der Waals surface area contributed by atoms with Gasteiger partial charge in [0.2, 0.25) is 0 Å². The van der Waals surface area contributed by atoms with Crippen LogP contribution < -0.4 is 0 Å². The van der Waals surface area contributed by atoms with Crippen LogP contribution in [0.25, 0.3) is 0 Å². The van der Waals surface area contributed by atoms with Gasteiger partial charge in [0.15, 0.2) is 5.78 Å². The summed E-state index contributed by atoms with van der Waals surface area (Å²) in [4.78, 5) is 14.1.